The minimum atomic E-state index is -0.548. The normalized spacial score (nSPS) is 15.3. The average molecular weight is 441 g/mol. The maximum absolute atomic E-state index is 13.1. The fourth-order valence-corrected chi connectivity index (χ4v) is 4.13. The molecule has 2 heterocycles. The summed E-state index contributed by atoms with van der Waals surface area (Å²) in [6.07, 6.45) is 4.86. The summed E-state index contributed by atoms with van der Waals surface area (Å²) >= 11 is 0. The minimum Gasteiger partial charge on any atom is -0.352 e. The van der Waals surface area contributed by atoms with Crippen molar-refractivity contribution in [2.45, 2.75) is 64.6 Å². The standard InChI is InChI=1S/C22H28N6O4/c1-4-13(2)23-18(29)12-27-22(32)28-17-11-14(19(30)24-15-7-5-6-8-15)9-10-16(17)20(31)26(3)21(28)25-27/h9-11,13,15H,4-8,12H2,1-3H3,(H,23,29)(H,24,30). The van der Waals surface area contributed by atoms with Crippen molar-refractivity contribution < 1.29 is 9.59 Å². The number of aromatic nitrogens is 4. The van der Waals surface area contributed by atoms with Crippen LogP contribution in [-0.4, -0.2) is 42.6 Å². The molecule has 0 bridgehead atoms. The number of amides is 2. The molecule has 1 aliphatic carbocycles. The van der Waals surface area contributed by atoms with Gasteiger partial charge in [-0.2, -0.15) is 0 Å². The van der Waals surface area contributed by atoms with Crippen molar-refractivity contribution in [3.05, 3.63) is 44.6 Å². The number of nitrogens with zero attached hydrogens (tertiary/aromatic N) is 4. The molecule has 1 aliphatic rings. The highest BCUT2D eigenvalue weighted by Gasteiger charge is 2.21. The van der Waals surface area contributed by atoms with Crippen molar-refractivity contribution in [1.82, 2.24) is 29.4 Å². The van der Waals surface area contributed by atoms with E-state index in [1.807, 2.05) is 13.8 Å². The summed E-state index contributed by atoms with van der Waals surface area (Å²) in [5.41, 5.74) is -0.224. The fraction of sp³-hybridized carbons (Fsp3) is 0.500. The largest absolute Gasteiger partial charge is 0.352 e. The number of carbonyl (C=O) groups excluding carboxylic acids is 2. The van der Waals surface area contributed by atoms with Crippen molar-refractivity contribution in [1.29, 1.82) is 0 Å². The first kappa shape index (κ1) is 21.8. The molecule has 2 amide bonds. The summed E-state index contributed by atoms with van der Waals surface area (Å²) in [7, 11) is 1.52. The molecule has 170 valence electrons. The lowest BCUT2D eigenvalue weighted by molar-refractivity contribution is -0.122. The van der Waals surface area contributed by atoms with Gasteiger partial charge in [-0.3, -0.25) is 19.0 Å². The Morgan fingerprint density at radius 1 is 1.22 bits per heavy atom. The number of carbonyl (C=O) groups is 2. The Balaban J connectivity index is 1.78. The van der Waals surface area contributed by atoms with Crippen LogP contribution in [0.1, 0.15) is 56.3 Å². The molecule has 10 heteroatoms. The molecule has 1 fully saturated rings. The Hall–Kier alpha value is -3.43. The Morgan fingerprint density at radius 3 is 2.62 bits per heavy atom. The lowest BCUT2D eigenvalue weighted by atomic mass is 10.1. The molecule has 1 saturated carbocycles. The molecule has 1 aromatic carbocycles. The molecule has 4 rings (SSSR count). The van der Waals surface area contributed by atoms with E-state index in [4.69, 9.17) is 0 Å². The first-order valence-corrected chi connectivity index (χ1v) is 11.0. The number of hydrogen-bond donors (Lipinski definition) is 2. The van der Waals surface area contributed by atoms with E-state index in [0.717, 1.165) is 36.8 Å². The molecule has 0 radical (unpaired) electrons. The van der Waals surface area contributed by atoms with Crippen LogP contribution in [0.5, 0.6) is 0 Å². The van der Waals surface area contributed by atoms with Crippen LogP contribution >= 0.6 is 0 Å². The Morgan fingerprint density at radius 2 is 1.94 bits per heavy atom. The zero-order valence-corrected chi connectivity index (χ0v) is 18.6. The quantitative estimate of drug-likeness (QED) is 0.591. The monoisotopic (exact) mass is 440 g/mol. The van der Waals surface area contributed by atoms with Crippen LogP contribution in [0.25, 0.3) is 16.7 Å². The summed E-state index contributed by atoms with van der Waals surface area (Å²) in [6, 6.07) is 4.81. The van der Waals surface area contributed by atoms with Crippen molar-refractivity contribution in [3.63, 3.8) is 0 Å². The molecule has 2 N–H and O–H groups in total. The number of benzene rings is 1. The second-order valence-corrected chi connectivity index (χ2v) is 8.50. The Kier molecular flexibility index (Phi) is 5.86. The van der Waals surface area contributed by atoms with Gasteiger partial charge in [-0.05, 0) is 44.4 Å². The van der Waals surface area contributed by atoms with E-state index in [2.05, 4.69) is 15.7 Å². The Bertz CT molecular complexity index is 1310. The smallest absolute Gasteiger partial charge is 0.352 e. The molecule has 1 unspecified atom stereocenters. The molecule has 0 saturated heterocycles. The van der Waals surface area contributed by atoms with Gasteiger partial charge in [-0.15, -0.1) is 5.10 Å². The number of fused-ring (bicyclic) bond motifs is 3. The van der Waals surface area contributed by atoms with Crippen molar-refractivity contribution in [3.8, 4) is 0 Å². The molecule has 32 heavy (non-hydrogen) atoms. The average Bonchev–Trinajstić information content (AvgIpc) is 3.39. The maximum atomic E-state index is 13.1. The van der Waals surface area contributed by atoms with Crippen LogP contribution in [0, 0.1) is 0 Å². The minimum absolute atomic E-state index is 0.0265. The van der Waals surface area contributed by atoms with Gasteiger partial charge in [0, 0.05) is 24.7 Å². The van der Waals surface area contributed by atoms with Gasteiger partial charge in [0.15, 0.2) is 0 Å². The van der Waals surface area contributed by atoms with Crippen LogP contribution in [0.4, 0.5) is 0 Å². The van der Waals surface area contributed by atoms with Gasteiger partial charge >= 0.3 is 5.69 Å². The third-order valence-electron chi connectivity index (χ3n) is 6.16. The van der Waals surface area contributed by atoms with Gasteiger partial charge < -0.3 is 10.6 Å². The van der Waals surface area contributed by atoms with Crippen LogP contribution in [0.2, 0.25) is 0 Å². The van der Waals surface area contributed by atoms with Crippen LogP contribution in [0.3, 0.4) is 0 Å². The lowest BCUT2D eigenvalue weighted by Gasteiger charge is -2.12. The zero-order valence-electron chi connectivity index (χ0n) is 18.6. The van der Waals surface area contributed by atoms with Crippen molar-refractivity contribution in [2.75, 3.05) is 0 Å². The van der Waals surface area contributed by atoms with E-state index in [0.29, 0.717) is 16.5 Å². The van der Waals surface area contributed by atoms with Crippen LogP contribution in [0.15, 0.2) is 27.8 Å². The summed E-state index contributed by atoms with van der Waals surface area (Å²) in [5.74, 6) is -0.464. The van der Waals surface area contributed by atoms with E-state index >= 15 is 0 Å². The number of rotatable bonds is 6. The molecule has 10 nitrogen and oxygen atoms in total. The second kappa shape index (κ2) is 8.60. The molecule has 0 aliphatic heterocycles. The predicted molar refractivity (Wildman–Crippen MR) is 120 cm³/mol. The topological polar surface area (TPSA) is 120 Å². The third kappa shape index (κ3) is 3.92. The third-order valence-corrected chi connectivity index (χ3v) is 6.16. The lowest BCUT2D eigenvalue weighted by Crippen LogP contribution is -2.37. The van der Waals surface area contributed by atoms with Gasteiger partial charge in [0.2, 0.25) is 11.7 Å². The van der Waals surface area contributed by atoms with Gasteiger partial charge in [0.25, 0.3) is 11.5 Å². The highest BCUT2D eigenvalue weighted by molar-refractivity contribution is 5.98. The highest BCUT2D eigenvalue weighted by atomic mass is 16.2. The fourth-order valence-electron chi connectivity index (χ4n) is 4.13. The van der Waals surface area contributed by atoms with E-state index < -0.39 is 5.69 Å². The first-order chi connectivity index (χ1) is 15.3. The van der Waals surface area contributed by atoms with Crippen LogP contribution in [-0.2, 0) is 18.4 Å². The van der Waals surface area contributed by atoms with Gasteiger partial charge in [-0.1, -0.05) is 19.8 Å². The van der Waals surface area contributed by atoms with Crippen molar-refractivity contribution >= 4 is 28.5 Å². The van der Waals surface area contributed by atoms with E-state index in [1.165, 1.54) is 16.0 Å². The predicted octanol–water partition coefficient (Wildman–Crippen LogP) is 0.935. The Labute approximate surface area is 184 Å². The molecule has 2 aromatic heterocycles. The number of hydrogen-bond acceptors (Lipinski definition) is 5. The molecular weight excluding hydrogens is 412 g/mol. The van der Waals surface area contributed by atoms with Gasteiger partial charge in [0.1, 0.15) is 6.54 Å². The summed E-state index contributed by atoms with van der Waals surface area (Å²) in [5, 5.41) is 10.3. The zero-order chi connectivity index (χ0) is 23.0. The summed E-state index contributed by atoms with van der Waals surface area (Å²) in [4.78, 5) is 51.0. The molecule has 1 atom stereocenters. The molecule has 3 aromatic rings. The maximum Gasteiger partial charge on any atom is 0.352 e. The summed E-state index contributed by atoms with van der Waals surface area (Å²) < 4.78 is 3.59. The van der Waals surface area contributed by atoms with Crippen LogP contribution < -0.4 is 21.9 Å². The van der Waals surface area contributed by atoms with Crippen molar-refractivity contribution in [2.24, 2.45) is 7.05 Å². The number of nitrogens with one attached hydrogen (secondary N) is 2. The second-order valence-electron chi connectivity index (χ2n) is 8.50. The molecular formula is C22H28N6O4. The summed E-state index contributed by atoms with van der Waals surface area (Å²) in [6.45, 7) is 3.56. The SMILES string of the molecule is CCC(C)NC(=O)Cn1nc2n(C)c(=O)c3ccc(C(=O)NC4CCCC4)cc3n2c1=O. The van der Waals surface area contributed by atoms with Gasteiger partial charge in [0.05, 0.1) is 10.9 Å². The number of aryl methyl sites for hydroxylation is 1. The van der Waals surface area contributed by atoms with E-state index in [-0.39, 0.29) is 41.8 Å². The molecule has 0 spiro atoms. The van der Waals surface area contributed by atoms with Gasteiger partial charge in [-0.25, -0.2) is 13.9 Å². The highest BCUT2D eigenvalue weighted by Crippen LogP contribution is 2.19. The van der Waals surface area contributed by atoms with E-state index in [9.17, 15) is 19.2 Å². The van der Waals surface area contributed by atoms with E-state index in [1.54, 1.807) is 18.2 Å². The first-order valence-electron chi connectivity index (χ1n) is 11.0.